The Balaban J connectivity index is 1.56. The molecule has 10 nitrogen and oxygen atoms in total. The normalized spacial score (nSPS) is 10.9. The third-order valence-electron chi connectivity index (χ3n) is 6.95. The molecule has 6 N–H and O–H groups in total. The van der Waals surface area contributed by atoms with Gasteiger partial charge in [0.15, 0.2) is 0 Å². The standard InChI is InChI=1S/C32H24N2O8/c35-29(36)17-9-18(30(37)38)12-21(11-17)33-15-27-23-5-1-2-6-24(23)28(26-8-4-3-7-25(26)27)16-34-22-13-19(31(39)40)10-20(14-22)32(41)42/h1-14,33-34H,15-16H2,(H,35,36)(H,37,38)(H,39,40)(H,41,42). The molecule has 0 unspecified atom stereocenters. The highest BCUT2D eigenvalue weighted by Gasteiger charge is 2.17. The van der Waals surface area contributed by atoms with E-state index in [1.54, 1.807) is 0 Å². The first kappa shape index (κ1) is 27.7. The minimum atomic E-state index is -1.24. The van der Waals surface area contributed by atoms with Crippen LogP contribution in [0.1, 0.15) is 52.6 Å². The van der Waals surface area contributed by atoms with Crippen LogP contribution in [0, 0.1) is 0 Å². The molecule has 5 aromatic carbocycles. The van der Waals surface area contributed by atoms with Crippen LogP contribution in [-0.4, -0.2) is 44.3 Å². The van der Waals surface area contributed by atoms with Crippen molar-refractivity contribution in [3.63, 3.8) is 0 Å². The third-order valence-corrected chi connectivity index (χ3v) is 6.95. The maximum absolute atomic E-state index is 11.6. The molecule has 0 amide bonds. The predicted octanol–water partition coefficient (Wildman–Crippen LogP) is 6.01. The van der Waals surface area contributed by atoms with Gasteiger partial charge in [-0.3, -0.25) is 0 Å². The van der Waals surface area contributed by atoms with Gasteiger partial charge in [0.2, 0.25) is 0 Å². The predicted molar refractivity (Wildman–Crippen MR) is 157 cm³/mol. The van der Waals surface area contributed by atoms with Crippen molar-refractivity contribution >= 4 is 56.8 Å². The molecule has 0 saturated heterocycles. The highest BCUT2D eigenvalue weighted by Crippen LogP contribution is 2.34. The maximum Gasteiger partial charge on any atom is 0.335 e. The Morgan fingerprint density at radius 3 is 0.952 bits per heavy atom. The maximum atomic E-state index is 11.6. The fraction of sp³-hybridized carbons (Fsp3) is 0.0625. The van der Waals surface area contributed by atoms with Crippen molar-refractivity contribution in [1.82, 2.24) is 0 Å². The van der Waals surface area contributed by atoms with Gasteiger partial charge in [0.05, 0.1) is 22.3 Å². The van der Waals surface area contributed by atoms with E-state index in [0.29, 0.717) is 11.4 Å². The Labute approximate surface area is 238 Å². The number of hydrogen-bond donors (Lipinski definition) is 6. The number of nitrogens with one attached hydrogen (secondary N) is 2. The number of benzene rings is 5. The van der Waals surface area contributed by atoms with Gasteiger partial charge >= 0.3 is 23.9 Å². The third kappa shape index (κ3) is 5.54. The average Bonchev–Trinajstić information content (AvgIpc) is 2.98. The fourth-order valence-electron chi connectivity index (χ4n) is 5.02. The van der Waals surface area contributed by atoms with E-state index in [0.717, 1.165) is 44.8 Å². The Kier molecular flexibility index (Phi) is 7.44. The van der Waals surface area contributed by atoms with Crippen LogP contribution in [0.4, 0.5) is 11.4 Å². The summed E-state index contributed by atoms with van der Waals surface area (Å²) in [4.78, 5) is 46.3. The van der Waals surface area contributed by atoms with Crippen LogP contribution in [0.3, 0.4) is 0 Å². The summed E-state index contributed by atoms with van der Waals surface area (Å²) in [6, 6.07) is 23.1. The summed E-state index contributed by atoms with van der Waals surface area (Å²) in [5, 5.41) is 47.8. The summed E-state index contributed by atoms with van der Waals surface area (Å²) in [7, 11) is 0. The van der Waals surface area contributed by atoms with Crippen molar-refractivity contribution in [1.29, 1.82) is 0 Å². The van der Waals surface area contributed by atoms with Crippen molar-refractivity contribution in [2.24, 2.45) is 0 Å². The minimum Gasteiger partial charge on any atom is -0.478 e. The van der Waals surface area contributed by atoms with Gasteiger partial charge < -0.3 is 31.1 Å². The lowest BCUT2D eigenvalue weighted by Crippen LogP contribution is -2.09. The van der Waals surface area contributed by atoms with Crippen molar-refractivity contribution < 1.29 is 39.6 Å². The topological polar surface area (TPSA) is 173 Å². The number of aromatic carboxylic acids is 4. The van der Waals surface area contributed by atoms with Gasteiger partial charge in [0.1, 0.15) is 0 Å². The average molecular weight is 565 g/mol. The van der Waals surface area contributed by atoms with Crippen molar-refractivity contribution in [3.05, 3.63) is 118 Å². The van der Waals surface area contributed by atoms with Gasteiger partial charge in [0, 0.05) is 24.5 Å². The molecule has 0 atom stereocenters. The van der Waals surface area contributed by atoms with Crippen LogP contribution in [0.5, 0.6) is 0 Å². The van der Waals surface area contributed by atoms with Gasteiger partial charge in [-0.1, -0.05) is 48.5 Å². The first-order valence-electron chi connectivity index (χ1n) is 12.7. The number of carbonyl (C=O) groups is 4. The summed E-state index contributed by atoms with van der Waals surface area (Å²) in [6.07, 6.45) is 0. The van der Waals surface area contributed by atoms with Gasteiger partial charge in [-0.05, 0) is 69.1 Å². The van der Waals surface area contributed by atoms with E-state index >= 15 is 0 Å². The molecule has 0 aromatic heterocycles. The van der Waals surface area contributed by atoms with Gasteiger partial charge in [-0.2, -0.15) is 0 Å². The van der Waals surface area contributed by atoms with Crippen molar-refractivity contribution in [2.75, 3.05) is 10.6 Å². The second-order valence-electron chi connectivity index (χ2n) is 9.57. The van der Waals surface area contributed by atoms with Crippen molar-refractivity contribution in [2.45, 2.75) is 13.1 Å². The quantitative estimate of drug-likeness (QED) is 0.110. The van der Waals surface area contributed by atoms with E-state index in [1.165, 1.54) is 24.3 Å². The molecule has 5 rings (SSSR count). The highest BCUT2D eigenvalue weighted by molar-refractivity contribution is 6.06. The van der Waals surface area contributed by atoms with E-state index < -0.39 is 23.9 Å². The number of fused-ring (bicyclic) bond motifs is 2. The second kappa shape index (κ2) is 11.3. The van der Waals surface area contributed by atoms with E-state index in [2.05, 4.69) is 10.6 Å². The van der Waals surface area contributed by atoms with Gasteiger partial charge in [0.25, 0.3) is 0 Å². The number of carboxylic acids is 4. The lowest BCUT2D eigenvalue weighted by atomic mass is 9.91. The fourth-order valence-corrected chi connectivity index (χ4v) is 5.02. The summed E-state index contributed by atoms with van der Waals surface area (Å²) in [5.74, 6) is -4.95. The Morgan fingerprint density at radius 1 is 0.452 bits per heavy atom. The first-order valence-corrected chi connectivity index (χ1v) is 12.7. The molecule has 0 aliphatic carbocycles. The molecule has 0 fully saturated rings. The Morgan fingerprint density at radius 2 is 0.714 bits per heavy atom. The lowest BCUT2D eigenvalue weighted by Gasteiger charge is -2.19. The SMILES string of the molecule is O=C(O)c1cc(NCc2c3ccccc3c(CNc3cc(C(=O)O)cc(C(=O)O)c3)c3ccccc23)cc(C(=O)O)c1. The molecule has 10 heteroatoms. The number of carboxylic acid groups (broad SMARTS) is 4. The molecule has 0 spiro atoms. The Bertz CT molecular complexity index is 1660. The number of anilines is 2. The van der Waals surface area contributed by atoms with Crippen LogP contribution >= 0.6 is 0 Å². The number of hydrogen-bond acceptors (Lipinski definition) is 6. The summed E-state index contributed by atoms with van der Waals surface area (Å²) < 4.78 is 0. The molecule has 0 aliphatic rings. The molecule has 0 saturated carbocycles. The van der Waals surface area contributed by atoms with Crippen LogP contribution in [0.25, 0.3) is 21.5 Å². The molecule has 0 bridgehead atoms. The van der Waals surface area contributed by atoms with E-state index in [-0.39, 0.29) is 35.3 Å². The van der Waals surface area contributed by atoms with E-state index in [1.807, 2.05) is 48.5 Å². The van der Waals surface area contributed by atoms with Crippen LogP contribution in [-0.2, 0) is 13.1 Å². The molecule has 0 radical (unpaired) electrons. The van der Waals surface area contributed by atoms with Crippen molar-refractivity contribution in [3.8, 4) is 0 Å². The van der Waals surface area contributed by atoms with Gasteiger partial charge in [-0.15, -0.1) is 0 Å². The molecule has 0 aliphatic heterocycles. The summed E-state index contributed by atoms with van der Waals surface area (Å²) in [6.45, 7) is 0.527. The zero-order chi connectivity index (χ0) is 30.0. The largest absolute Gasteiger partial charge is 0.478 e. The molecule has 0 heterocycles. The van der Waals surface area contributed by atoms with E-state index in [9.17, 15) is 39.6 Å². The van der Waals surface area contributed by atoms with Crippen LogP contribution in [0.2, 0.25) is 0 Å². The summed E-state index contributed by atoms with van der Waals surface area (Å²) >= 11 is 0. The Hall–Kier alpha value is -5.90. The minimum absolute atomic E-state index is 0.147. The molecule has 210 valence electrons. The molecular weight excluding hydrogens is 540 g/mol. The second-order valence-corrected chi connectivity index (χ2v) is 9.57. The zero-order valence-electron chi connectivity index (χ0n) is 21.9. The highest BCUT2D eigenvalue weighted by atomic mass is 16.4. The van der Waals surface area contributed by atoms with Gasteiger partial charge in [-0.25, -0.2) is 19.2 Å². The smallest absolute Gasteiger partial charge is 0.335 e. The first-order chi connectivity index (χ1) is 20.1. The number of rotatable bonds is 10. The van der Waals surface area contributed by atoms with Crippen LogP contribution < -0.4 is 10.6 Å². The zero-order valence-corrected chi connectivity index (χ0v) is 21.9. The molecule has 5 aromatic rings. The molecule has 42 heavy (non-hydrogen) atoms. The lowest BCUT2D eigenvalue weighted by molar-refractivity contribution is 0.0676. The summed E-state index contributed by atoms with van der Waals surface area (Å²) in [5.41, 5.74) is 1.92. The van der Waals surface area contributed by atoms with Crippen LogP contribution in [0.15, 0.2) is 84.9 Å². The van der Waals surface area contributed by atoms with E-state index in [4.69, 9.17) is 0 Å². The monoisotopic (exact) mass is 564 g/mol. The molecular formula is C32H24N2O8.